The number of rotatable bonds is 3. The second kappa shape index (κ2) is 5.57. The van der Waals surface area contributed by atoms with E-state index in [1.54, 1.807) is 17.0 Å². The number of carbonyl (C=O) groups is 1. The van der Waals surface area contributed by atoms with Gasteiger partial charge in [0.1, 0.15) is 5.37 Å². The van der Waals surface area contributed by atoms with Crippen molar-refractivity contribution in [3.8, 4) is 0 Å². The monoisotopic (exact) mass is 300 g/mol. The zero-order valence-electron chi connectivity index (χ0n) is 11.0. The average Bonchev–Trinajstić information content (AvgIpc) is 2.90. The number of nitrogens with zero attached hydrogens (tertiary/aromatic N) is 2. The quantitative estimate of drug-likeness (QED) is 0.644. The molecule has 6 heteroatoms. The summed E-state index contributed by atoms with van der Waals surface area (Å²) in [6.07, 6.45) is 0. The van der Waals surface area contributed by atoms with Crippen molar-refractivity contribution < 1.29 is 9.72 Å². The van der Waals surface area contributed by atoms with Gasteiger partial charge in [-0.1, -0.05) is 36.4 Å². The summed E-state index contributed by atoms with van der Waals surface area (Å²) >= 11 is 1.53. The summed E-state index contributed by atoms with van der Waals surface area (Å²) in [5.74, 6) is 0.344. The molecule has 1 fully saturated rings. The van der Waals surface area contributed by atoms with Crippen LogP contribution in [-0.2, 0) is 4.79 Å². The standard InChI is InChI=1S/C15H12N2O3S/c18-14-10-21-15(11-5-2-1-3-6-11)16(14)12-7-4-8-13(9-12)17(19)20/h1-9,15H,10H2. The molecule has 2 aromatic carbocycles. The van der Waals surface area contributed by atoms with Crippen LogP contribution in [0.25, 0.3) is 0 Å². The molecule has 1 saturated heterocycles. The summed E-state index contributed by atoms with van der Waals surface area (Å²) in [7, 11) is 0. The molecule has 0 spiro atoms. The Bertz CT molecular complexity index is 690. The highest BCUT2D eigenvalue weighted by Gasteiger charge is 2.34. The van der Waals surface area contributed by atoms with E-state index in [2.05, 4.69) is 0 Å². The maximum Gasteiger partial charge on any atom is 0.271 e. The van der Waals surface area contributed by atoms with Gasteiger partial charge < -0.3 is 0 Å². The molecule has 1 heterocycles. The first-order chi connectivity index (χ1) is 10.2. The first-order valence-corrected chi connectivity index (χ1v) is 7.45. The fourth-order valence-corrected chi connectivity index (χ4v) is 3.50. The van der Waals surface area contributed by atoms with Crippen molar-refractivity contribution in [2.24, 2.45) is 0 Å². The molecule has 0 aromatic heterocycles. The van der Waals surface area contributed by atoms with Crippen LogP contribution in [-0.4, -0.2) is 16.6 Å². The SMILES string of the molecule is O=C1CSC(c2ccccc2)N1c1cccc([N+](=O)[O-])c1. The molecule has 3 rings (SSSR count). The van der Waals surface area contributed by atoms with Crippen LogP contribution in [0.4, 0.5) is 11.4 Å². The Kier molecular flexibility index (Phi) is 3.62. The number of hydrogen-bond acceptors (Lipinski definition) is 4. The minimum atomic E-state index is -0.450. The number of non-ortho nitro benzene ring substituents is 1. The van der Waals surface area contributed by atoms with E-state index in [0.29, 0.717) is 11.4 Å². The maximum atomic E-state index is 12.2. The summed E-state index contributed by atoms with van der Waals surface area (Å²) in [4.78, 5) is 24.3. The van der Waals surface area contributed by atoms with Crippen LogP contribution >= 0.6 is 11.8 Å². The highest BCUT2D eigenvalue weighted by molar-refractivity contribution is 8.00. The van der Waals surface area contributed by atoms with Crippen molar-refractivity contribution in [1.82, 2.24) is 0 Å². The number of amides is 1. The van der Waals surface area contributed by atoms with Crippen LogP contribution in [0.2, 0.25) is 0 Å². The second-order valence-corrected chi connectivity index (χ2v) is 5.68. The molecule has 106 valence electrons. The van der Waals surface area contributed by atoms with Crippen molar-refractivity contribution in [2.75, 3.05) is 10.7 Å². The lowest BCUT2D eigenvalue weighted by Gasteiger charge is -2.24. The van der Waals surface area contributed by atoms with Crippen molar-refractivity contribution in [3.05, 3.63) is 70.3 Å². The number of anilines is 1. The van der Waals surface area contributed by atoms with Crippen molar-refractivity contribution in [3.63, 3.8) is 0 Å². The molecular formula is C15H12N2O3S. The van der Waals surface area contributed by atoms with E-state index in [-0.39, 0.29) is 17.0 Å². The summed E-state index contributed by atoms with van der Waals surface area (Å²) in [6, 6.07) is 15.9. The van der Waals surface area contributed by atoms with Gasteiger partial charge in [0.25, 0.3) is 5.69 Å². The molecule has 1 aliphatic heterocycles. The average molecular weight is 300 g/mol. The maximum absolute atomic E-state index is 12.2. The van der Waals surface area contributed by atoms with Crippen LogP contribution in [0.15, 0.2) is 54.6 Å². The Labute approximate surface area is 125 Å². The van der Waals surface area contributed by atoms with Gasteiger partial charge in [-0.25, -0.2) is 0 Å². The number of thioether (sulfide) groups is 1. The highest BCUT2D eigenvalue weighted by Crippen LogP contribution is 2.42. The Hall–Kier alpha value is -2.34. The van der Waals surface area contributed by atoms with Crippen LogP contribution in [0.1, 0.15) is 10.9 Å². The lowest BCUT2D eigenvalue weighted by Crippen LogP contribution is -2.27. The van der Waals surface area contributed by atoms with Crippen LogP contribution in [0.5, 0.6) is 0 Å². The molecule has 1 aliphatic rings. The zero-order chi connectivity index (χ0) is 14.8. The molecule has 0 aliphatic carbocycles. The van der Waals surface area contributed by atoms with E-state index in [9.17, 15) is 14.9 Å². The van der Waals surface area contributed by atoms with Crippen LogP contribution < -0.4 is 4.90 Å². The Morgan fingerprint density at radius 2 is 1.90 bits per heavy atom. The lowest BCUT2D eigenvalue weighted by atomic mass is 10.2. The van der Waals surface area contributed by atoms with Gasteiger partial charge in [-0.15, -0.1) is 11.8 Å². The summed E-state index contributed by atoms with van der Waals surface area (Å²) in [5, 5.41) is 10.8. The minimum Gasteiger partial charge on any atom is -0.295 e. The van der Waals surface area contributed by atoms with Crippen molar-refractivity contribution in [1.29, 1.82) is 0 Å². The predicted molar refractivity (Wildman–Crippen MR) is 82.2 cm³/mol. The third-order valence-corrected chi connectivity index (χ3v) is 4.48. The van der Waals surface area contributed by atoms with E-state index >= 15 is 0 Å². The smallest absolute Gasteiger partial charge is 0.271 e. The fourth-order valence-electron chi connectivity index (χ4n) is 2.32. The van der Waals surface area contributed by atoms with Gasteiger partial charge >= 0.3 is 0 Å². The molecule has 1 amide bonds. The molecule has 21 heavy (non-hydrogen) atoms. The Morgan fingerprint density at radius 3 is 2.62 bits per heavy atom. The molecular weight excluding hydrogens is 288 g/mol. The number of hydrogen-bond donors (Lipinski definition) is 0. The third kappa shape index (κ3) is 2.62. The zero-order valence-corrected chi connectivity index (χ0v) is 11.8. The normalized spacial score (nSPS) is 18.0. The highest BCUT2D eigenvalue weighted by atomic mass is 32.2. The Morgan fingerprint density at radius 1 is 1.14 bits per heavy atom. The van der Waals surface area contributed by atoms with Gasteiger partial charge in [0.05, 0.1) is 16.4 Å². The first kappa shape index (κ1) is 13.6. The minimum absolute atomic E-state index is 0.0102. The van der Waals surface area contributed by atoms with Crippen LogP contribution in [0, 0.1) is 10.1 Å². The van der Waals surface area contributed by atoms with Gasteiger partial charge in [0, 0.05) is 12.1 Å². The van der Waals surface area contributed by atoms with E-state index < -0.39 is 4.92 Å². The van der Waals surface area contributed by atoms with Gasteiger partial charge in [-0.05, 0) is 11.6 Å². The van der Waals surface area contributed by atoms with E-state index in [1.807, 2.05) is 30.3 Å². The molecule has 0 radical (unpaired) electrons. The van der Waals surface area contributed by atoms with Crippen molar-refractivity contribution in [2.45, 2.75) is 5.37 Å². The van der Waals surface area contributed by atoms with Crippen LogP contribution in [0.3, 0.4) is 0 Å². The van der Waals surface area contributed by atoms with E-state index in [4.69, 9.17) is 0 Å². The molecule has 5 nitrogen and oxygen atoms in total. The fraction of sp³-hybridized carbons (Fsp3) is 0.133. The second-order valence-electron chi connectivity index (χ2n) is 4.61. The molecule has 1 unspecified atom stereocenters. The first-order valence-electron chi connectivity index (χ1n) is 6.40. The van der Waals surface area contributed by atoms with Crippen molar-refractivity contribution >= 4 is 29.0 Å². The molecule has 0 N–H and O–H groups in total. The van der Waals surface area contributed by atoms with Gasteiger partial charge in [0.15, 0.2) is 0 Å². The summed E-state index contributed by atoms with van der Waals surface area (Å²) in [5.41, 5.74) is 1.57. The van der Waals surface area contributed by atoms with Gasteiger partial charge in [-0.3, -0.25) is 19.8 Å². The molecule has 0 saturated carbocycles. The molecule has 1 atom stereocenters. The number of nitro groups is 1. The lowest BCUT2D eigenvalue weighted by molar-refractivity contribution is -0.384. The molecule has 0 bridgehead atoms. The summed E-state index contributed by atoms with van der Waals surface area (Å²) < 4.78 is 0. The largest absolute Gasteiger partial charge is 0.295 e. The van der Waals surface area contributed by atoms with E-state index in [0.717, 1.165) is 5.56 Å². The Balaban J connectivity index is 2.00. The molecule has 2 aromatic rings. The number of carbonyl (C=O) groups excluding carboxylic acids is 1. The van der Waals surface area contributed by atoms with E-state index in [1.165, 1.54) is 23.9 Å². The third-order valence-electron chi connectivity index (χ3n) is 3.27. The van der Waals surface area contributed by atoms with Gasteiger partial charge in [-0.2, -0.15) is 0 Å². The number of benzene rings is 2. The number of nitro benzene ring substituents is 1. The van der Waals surface area contributed by atoms with Gasteiger partial charge in [0.2, 0.25) is 5.91 Å². The summed E-state index contributed by atoms with van der Waals surface area (Å²) in [6.45, 7) is 0. The topological polar surface area (TPSA) is 63.5 Å². The predicted octanol–water partition coefficient (Wildman–Crippen LogP) is 3.37.